The molecule has 0 radical (unpaired) electrons. The number of rotatable bonds is 12. The van der Waals surface area contributed by atoms with Gasteiger partial charge < -0.3 is 14.8 Å². The molecule has 0 aromatic carbocycles. The molecule has 0 saturated heterocycles. The van der Waals surface area contributed by atoms with Crippen LogP contribution in [-0.2, 0) is 9.47 Å². The monoisotopic (exact) mass is 231 g/mol. The summed E-state index contributed by atoms with van der Waals surface area (Å²) in [5.41, 5.74) is 0. The first-order valence-corrected chi connectivity index (χ1v) is 6.65. The molecule has 0 aliphatic heterocycles. The van der Waals surface area contributed by atoms with Gasteiger partial charge in [0.1, 0.15) is 0 Å². The summed E-state index contributed by atoms with van der Waals surface area (Å²) in [4.78, 5) is 0. The number of unbranched alkanes of at least 4 members (excludes halogenated alkanes) is 1. The third-order valence-electron chi connectivity index (χ3n) is 2.71. The molecule has 0 aliphatic rings. The molecule has 0 aromatic heterocycles. The standard InChI is InChI=1S/C13H29NO2/c1-4-8-13(5-2)14-9-6-7-10-16-12-11-15-3/h13-14H,4-12H2,1-3H3. The van der Waals surface area contributed by atoms with Crippen LogP contribution in [0.1, 0.15) is 46.0 Å². The van der Waals surface area contributed by atoms with Gasteiger partial charge >= 0.3 is 0 Å². The maximum absolute atomic E-state index is 5.40. The van der Waals surface area contributed by atoms with Crippen LogP contribution in [0, 0.1) is 0 Å². The zero-order chi connectivity index (χ0) is 12.1. The van der Waals surface area contributed by atoms with Gasteiger partial charge in [-0.15, -0.1) is 0 Å². The van der Waals surface area contributed by atoms with Crippen molar-refractivity contribution >= 4 is 0 Å². The number of hydrogen-bond acceptors (Lipinski definition) is 3. The van der Waals surface area contributed by atoms with Crippen LogP contribution in [0.5, 0.6) is 0 Å². The van der Waals surface area contributed by atoms with Gasteiger partial charge in [0.25, 0.3) is 0 Å². The highest BCUT2D eigenvalue weighted by molar-refractivity contribution is 4.63. The van der Waals surface area contributed by atoms with E-state index in [2.05, 4.69) is 19.2 Å². The first-order chi connectivity index (χ1) is 7.85. The zero-order valence-corrected chi connectivity index (χ0v) is 11.3. The van der Waals surface area contributed by atoms with Gasteiger partial charge in [-0.05, 0) is 32.2 Å². The van der Waals surface area contributed by atoms with Gasteiger partial charge in [0.05, 0.1) is 13.2 Å². The van der Waals surface area contributed by atoms with Gasteiger partial charge in [-0.3, -0.25) is 0 Å². The number of nitrogens with one attached hydrogen (secondary N) is 1. The van der Waals surface area contributed by atoms with Crippen LogP contribution in [0.15, 0.2) is 0 Å². The lowest BCUT2D eigenvalue weighted by Crippen LogP contribution is -2.29. The van der Waals surface area contributed by atoms with Crippen LogP contribution < -0.4 is 5.32 Å². The maximum atomic E-state index is 5.40. The molecule has 98 valence electrons. The highest BCUT2D eigenvalue weighted by Gasteiger charge is 2.02. The van der Waals surface area contributed by atoms with Gasteiger partial charge in [0.2, 0.25) is 0 Å². The minimum absolute atomic E-state index is 0.701. The Morgan fingerprint density at radius 3 is 2.50 bits per heavy atom. The lowest BCUT2D eigenvalue weighted by Gasteiger charge is -2.15. The van der Waals surface area contributed by atoms with Crippen LogP contribution in [-0.4, -0.2) is 39.5 Å². The summed E-state index contributed by atoms with van der Waals surface area (Å²) in [6, 6.07) is 0.708. The van der Waals surface area contributed by atoms with Crippen molar-refractivity contribution in [2.75, 3.05) is 33.5 Å². The summed E-state index contributed by atoms with van der Waals surface area (Å²) < 4.78 is 10.3. The lowest BCUT2D eigenvalue weighted by molar-refractivity contribution is 0.0687. The van der Waals surface area contributed by atoms with Crippen molar-refractivity contribution in [1.82, 2.24) is 5.32 Å². The number of methoxy groups -OCH3 is 1. The highest BCUT2D eigenvalue weighted by Crippen LogP contribution is 2.01. The summed E-state index contributed by atoms with van der Waals surface area (Å²) in [6.07, 6.45) is 6.14. The summed E-state index contributed by atoms with van der Waals surface area (Å²) >= 11 is 0. The highest BCUT2D eigenvalue weighted by atomic mass is 16.5. The predicted octanol–water partition coefficient (Wildman–Crippen LogP) is 2.60. The van der Waals surface area contributed by atoms with E-state index in [1.54, 1.807) is 7.11 Å². The molecule has 1 N–H and O–H groups in total. The minimum Gasteiger partial charge on any atom is -0.382 e. The van der Waals surface area contributed by atoms with Crippen molar-refractivity contribution in [3.8, 4) is 0 Å². The fourth-order valence-corrected chi connectivity index (χ4v) is 1.68. The van der Waals surface area contributed by atoms with Gasteiger partial charge in [-0.1, -0.05) is 20.3 Å². The Labute approximate surface area is 101 Å². The van der Waals surface area contributed by atoms with Crippen LogP contribution >= 0.6 is 0 Å². The molecule has 0 spiro atoms. The second-order valence-electron chi connectivity index (χ2n) is 4.16. The summed E-state index contributed by atoms with van der Waals surface area (Å²) in [7, 11) is 1.70. The van der Waals surface area contributed by atoms with Crippen molar-refractivity contribution in [3.63, 3.8) is 0 Å². The maximum Gasteiger partial charge on any atom is 0.0700 e. The molecule has 1 unspecified atom stereocenters. The van der Waals surface area contributed by atoms with Gasteiger partial charge in [-0.2, -0.15) is 0 Å². The third kappa shape index (κ3) is 10.4. The van der Waals surface area contributed by atoms with Crippen molar-refractivity contribution in [2.24, 2.45) is 0 Å². The Kier molecular flexibility index (Phi) is 12.9. The molecule has 0 aliphatic carbocycles. The minimum atomic E-state index is 0.701. The molecule has 16 heavy (non-hydrogen) atoms. The van der Waals surface area contributed by atoms with E-state index in [0.29, 0.717) is 12.6 Å². The summed E-state index contributed by atoms with van der Waals surface area (Å²) in [5.74, 6) is 0. The van der Waals surface area contributed by atoms with Crippen molar-refractivity contribution in [2.45, 2.75) is 52.0 Å². The van der Waals surface area contributed by atoms with Crippen LogP contribution in [0.3, 0.4) is 0 Å². The number of hydrogen-bond donors (Lipinski definition) is 1. The topological polar surface area (TPSA) is 30.5 Å². The van der Waals surface area contributed by atoms with E-state index in [4.69, 9.17) is 9.47 Å². The molecule has 1 atom stereocenters. The van der Waals surface area contributed by atoms with E-state index in [-0.39, 0.29) is 0 Å². The molecule has 0 heterocycles. The average Bonchev–Trinajstić information content (AvgIpc) is 2.31. The zero-order valence-electron chi connectivity index (χ0n) is 11.3. The smallest absolute Gasteiger partial charge is 0.0700 e. The Hall–Kier alpha value is -0.120. The van der Waals surface area contributed by atoms with E-state index >= 15 is 0 Å². The van der Waals surface area contributed by atoms with Crippen molar-refractivity contribution in [1.29, 1.82) is 0 Å². The predicted molar refractivity (Wildman–Crippen MR) is 68.9 cm³/mol. The normalized spacial score (nSPS) is 12.9. The fourth-order valence-electron chi connectivity index (χ4n) is 1.68. The van der Waals surface area contributed by atoms with Gasteiger partial charge in [-0.25, -0.2) is 0 Å². The molecule has 0 aromatic rings. The van der Waals surface area contributed by atoms with E-state index in [9.17, 15) is 0 Å². The first-order valence-electron chi connectivity index (χ1n) is 6.65. The largest absolute Gasteiger partial charge is 0.382 e. The molecule has 0 saturated carbocycles. The Morgan fingerprint density at radius 1 is 1.06 bits per heavy atom. The second-order valence-corrected chi connectivity index (χ2v) is 4.16. The molecule has 0 rings (SSSR count). The molecule has 3 nitrogen and oxygen atoms in total. The van der Waals surface area contributed by atoms with Gasteiger partial charge in [0, 0.05) is 19.8 Å². The second kappa shape index (κ2) is 12.9. The lowest BCUT2D eigenvalue weighted by atomic mass is 10.1. The van der Waals surface area contributed by atoms with Gasteiger partial charge in [0.15, 0.2) is 0 Å². The van der Waals surface area contributed by atoms with E-state index in [1.807, 2.05) is 0 Å². The molecule has 0 amide bonds. The molecular formula is C13H29NO2. The average molecular weight is 231 g/mol. The molecule has 0 fully saturated rings. The van der Waals surface area contributed by atoms with Crippen LogP contribution in [0.25, 0.3) is 0 Å². The summed E-state index contributed by atoms with van der Waals surface area (Å²) in [6.45, 7) is 7.89. The molecular weight excluding hydrogens is 202 g/mol. The summed E-state index contributed by atoms with van der Waals surface area (Å²) in [5, 5.41) is 3.59. The van der Waals surface area contributed by atoms with Crippen molar-refractivity contribution in [3.05, 3.63) is 0 Å². The Morgan fingerprint density at radius 2 is 1.88 bits per heavy atom. The molecule has 0 bridgehead atoms. The Bertz CT molecular complexity index is 131. The van der Waals surface area contributed by atoms with E-state index in [0.717, 1.165) is 26.2 Å². The third-order valence-corrected chi connectivity index (χ3v) is 2.71. The van der Waals surface area contributed by atoms with E-state index < -0.39 is 0 Å². The van der Waals surface area contributed by atoms with E-state index in [1.165, 1.54) is 25.7 Å². The van der Waals surface area contributed by atoms with Crippen LogP contribution in [0.2, 0.25) is 0 Å². The van der Waals surface area contributed by atoms with Crippen molar-refractivity contribution < 1.29 is 9.47 Å². The SMILES string of the molecule is CCCC(CC)NCCCCOCCOC. The fraction of sp³-hybridized carbons (Fsp3) is 1.00. The first kappa shape index (κ1) is 15.9. The van der Waals surface area contributed by atoms with Crippen LogP contribution in [0.4, 0.5) is 0 Å². The Balaban J connectivity index is 3.12. The quantitative estimate of drug-likeness (QED) is 0.524. The number of ether oxygens (including phenoxy) is 2. The molecule has 3 heteroatoms.